The van der Waals surface area contributed by atoms with E-state index in [4.69, 9.17) is 29.2 Å². The van der Waals surface area contributed by atoms with Gasteiger partial charge in [0.1, 0.15) is 22.4 Å². The summed E-state index contributed by atoms with van der Waals surface area (Å²) in [5.41, 5.74) is 2.82. The second kappa shape index (κ2) is 13.6. The zero-order valence-electron chi connectivity index (χ0n) is 27.8. The van der Waals surface area contributed by atoms with Crippen LogP contribution in [0.4, 0.5) is 11.8 Å². The van der Waals surface area contributed by atoms with Crippen molar-refractivity contribution in [3.63, 3.8) is 0 Å². The van der Waals surface area contributed by atoms with Crippen LogP contribution in [0.3, 0.4) is 0 Å². The van der Waals surface area contributed by atoms with Crippen molar-refractivity contribution in [1.29, 1.82) is 0 Å². The van der Waals surface area contributed by atoms with E-state index < -0.39 is 5.60 Å². The lowest BCUT2D eigenvalue weighted by atomic mass is 9.87. The van der Waals surface area contributed by atoms with Crippen LogP contribution in [-0.4, -0.2) is 74.9 Å². The minimum atomic E-state index is -0.905. The fourth-order valence-corrected chi connectivity index (χ4v) is 8.62. The van der Waals surface area contributed by atoms with E-state index >= 15 is 0 Å². The first-order chi connectivity index (χ1) is 22.3. The molecule has 0 amide bonds. The molecule has 250 valence electrons. The molecule has 0 bridgehead atoms. The smallest absolute Gasteiger partial charge is 0.224 e. The van der Waals surface area contributed by atoms with Gasteiger partial charge in [0.15, 0.2) is 6.29 Å². The van der Waals surface area contributed by atoms with E-state index in [9.17, 15) is 5.11 Å². The molecule has 11 heteroatoms. The van der Waals surface area contributed by atoms with E-state index in [-0.39, 0.29) is 30.5 Å². The number of hydrogen-bond donors (Lipinski definition) is 3. The quantitative estimate of drug-likeness (QED) is 0.176. The molecule has 4 aliphatic rings. The summed E-state index contributed by atoms with van der Waals surface area (Å²) in [5, 5.41) is 19.3. The summed E-state index contributed by atoms with van der Waals surface area (Å²) >= 11 is 1.65. The second-order valence-electron chi connectivity index (χ2n) is 14.4. The Morgan fingerprint density at radius 1 is 1.07 bits per heavy atom. The van der Waals surface area contributed by atoms with Crippen LogP contribution in [0.5, 0.6) is 0 Å². The topological polar surface area (TPSA) is 124 Å². The van der Waals surface area contributed by atoms with Crippen LogP contribution in [0.1, 0.15) is 89.9 Å². The third kappa shape index (κ3) is 6.90. The molecule has 4 heterocycles. The number of fused-ring (bicyclic) bond motifs is 2. The summed E-state index contributed by atoms with van der Waals surface area (Å²) in [6.45, 7) is 10.1. The molecule has 3 saturated carbocycles. The first-order valence-electron chi connectivity index (χ1n) is 17.5. The second-order valence-corrected chi connectivity index (χ2v) is 15.4. The number of nitrogens with one attached hydrogen (secondary N) is 2. The first kappa shape index (κ1) is 32.1. The maximum absolute atomic E-state index is 11.3. The monoisotopic (exact) mass is 650 g/mol. The van der Waals surface area contributed by atoms with Gasteiger partial charge in [-0.3, -0.25) is 4.98 Å². The van der Waals surface area contributed by atoms with Gasteiger partial charge in [0.25, 0.3) is 0 Å². The number of aryl methyl sites for hydroxylation is 2. The van der Waals surface area contributed by atoms with Crippen molar-refractivity contribution in [3.8, 4) is 10.6 Å². The molecular formula is C35H50N6O4S. The number of anilines is 2. The molecular weight excluding hydrogens is 600 g/mol. The lowest BCUT2D eigenvalue weighted by Crippen LogP contribution is -2.39. The average molecular weight is 651 g/mol. The molecule has 1 unspecified atom stereocenters. The Morgan fingerprint density at radius 3 is 2.63 bits per heavy atom. The minimum Gasteiger partial charge on any atom is -0.390 e. The van der Waals surface area contributed by atoms with Crippen LogP contribution in [0.25, 0.3) is 20.8 Å². The van der Waals surface area contributed by atoms with Gasteiger partial charge < -0.3 is 30.0 Å². The number of thiazole rings is 1. The Labute approximate surface area is 276 Å². The number of rotatable bonds is 13. The molecule has 3 aliphatic carbocycles. The Morgan fingerprint density at radius 2 is 1.87 bits per heavy atom. The molecule has 46 heavy (non-hydrogen) atoms. The normalized spacial score (nSPS) is 26.9. The van der Waals surface area contributed by atoms with Crippen molar-refractivity contribution in [2.24, 2.45) is 17.8 Å². The van der Waals surface area contributed by atoms with Gasteiger partial charge in [-0.1, -0.05) is 32.6 Å². The van der Waals surface area contributed by atoms with Crippen molar-refractivity contribution in [2.45, 2.75) is 122 Å². The number of aliphatic hydroxyl groups is 1. The van der Waals surface area contributed by atoms with Crippen LogP contribution in [-0.2, 0) is 20.6 Å². The predicted octanol–water partition coefficient (Wildman–Crippen LogP) is 6.51. The Balaban J connectivity index is 1.19. The van der Waals surface area contributed by atoms with Gasteiger partial charge in [0, 0.05) is 31.2 Å². The zero-order valence-corrected chi connectivity index (χ0v) is 28.6. The van der Waals surface area contributed by atoms with Gasteiger partial charge in [0.2, 0.25) is 5.95 Å². The number of nitrogens with zero attached hydrogens (tertiary/aromatic N) is 4. The third-order valence-electron chi connectivity index (χ3n) is 10.2. The van der Waals surface area contributed by atoms with Crippen molar-refractivity contribution in [1.82, 2.24) is 19.9 Å². The fraction of sp³-hybridized carbons (Fsp3) is 0.714. The molecule has 5 atom stereocenters. The standard InChI is InChI=1S/C35H50N6O4S/c1-5-9-24-28-26(14-15-36-24)46-32(40-28)27-20(2)38-34(37-16-17-43-19-21-12-13-21)41-31(27)39-25-18-23(35(3,4)42)29-30(25)45-33(44-29)22-10-7-6-8-11-22/h14-15,21-23,25,29-30,33,42H,5-13,16-19H2,1-4H3,(H2,37,38,39,41)/t23-,25+,29+,30-,33?/m0/s1. The van der Waals surface area contributed by atoms with Crippen molar-refractivity contribution in [3.05, 3.63) is 23.7 Å². The maximum Gasteiger partial charge on any atom is 0.224 e. The van der Waals surface area contributed by atoms with Gasteiger partial charge in [-0.25, -0.2) is 9.97 Å². The van der Waals surface area contributed by atoms with Crippen molar-refractivity contribution in [2.75, 3.05) is 30.4 Å². The first-order valence-corrected chi connectivity index (χ1v) is 18.3. The van der Waals surface area contributed by atoms with Gasteiger partial charge in [-0.2, -0.15) is 4.98 Å². The highest BCUT2D eigenvalue weighted by molar-refractivity contribution is 7.21. The van der Waals surface area contributed by atoms with Crippen LogP contribution in [0.15, 0.2) is 12.3 Å². The number of ether oxygens (including phenoxy) is 3. The molecule has 1 aliphatic heterocycles. The van der Waals surface area contributed by atoms with Crippen molar-refractivity contribution < 1.29 is 19.3 Å². The van der Waals surface area contributed by atoms with Crippen LogP contribution < -0.4 is 10.6 Å². The SMILES string of the molecule is CCCc1nccc2sc(-c3c(C)nc(NCCOCC4CC4)nc3N[C@@H]3C[C@H](C(C)(C)O)[C@H]4OC(C5CCCCC5)O[C@H]43)nc12. The van der Waals surface area contributed by atoms with Gasteiger partial charge >= 0.3 is 0 Å². The Hall–Kier alpha value is -2.44. The lowest BCUT2D eigenvalue weighted by Gasteiger charge is -2.32. The molecule has 3 aromatic heterocycles. The largest absolute Gasteiger partial charge is 0.390 e. The van der Waals surface area contributed by atoms with Crippen LogP contribution >= 0.6 is 11.3 Å². The summed E-state index contributed by atoms with van der Waals surface area (Å²) in [4.78, 5) is 19.7. The third-order valence-corrected chi connectivity index (χ3v) is 11.3. The summed E-state index contributed by atoms with van der Waals surface area (Å²) in [6, 6.07) is 1.95. The molecule has 4 fully saturated rings. The van der Waals surface area contributed by atoms with Gasteiger partial charge in [-0.15, -0.1) is 11.3 Å². The van der Waals surface area contributed by atoms with Crippen LogP contribution in [0, 0.1) is 24.7 Å². The minimum absolute atomic E-state index is 0.0682. The number of hydrogen-bond acceptors (Lipinski definition) is 11. The fourth-order valence-electron chi connectivity index (χ4n) is 7.54. The molecule has 0 aromatic carbocycles. The molecule has 3 aromatic rings. The predicted molar refractivity (Wildman–Crippen MR) is 181 cm³/mol. The zero-order chi connectivity index (χ0) is 31.8. The molecule has 7 rings (SSSR count). The Bertz CT molecular complexity index is 1500. The highest BCUT2D eigenvalue weighted by Gasteiger charge is 2.56. The average Bonchev–Trinajstić information content (AvgIpc) is 3.43. The van der Waals surface area contributed by atoms with Crippen LogP contribution in [0.2, 0.25) is 0 Å². The van der Waals surface area contributed by atoms with E-state index in [2.05, 4.69) is 22.5 Å². The van der Waals surface area contributed by atoms with Gasteiger partial charge in [-0.05, 0) is 71.3 Å². The van der Waals surface area contributed by atoms with E-state index in [0.717, 1.165) is 76.2 Å². The van der Waals surface area contributed by atoms with E-state index in [1.807, 2.05) is 33.0 Å². The summed E-state index contributed by atoms with van der Waals surface area (Å²) in [7, 11) is 0. The number of pyridine rings is 1. The Kier molecular flexibility index (Phi) is 9.49. The van der Waals surface area contributed by atoms with E-state index in [1.165, 1.54) is 32.1 Å². The van der Waals surface area contributed by atoms with Gasteiger partial charge in [0.05, 0.1) is 46.0 Å². The highest BCUT2D eigenvalue weighted by Crippen LogP contribution is 2.47. The summed E-state index contributed by atoms with van der Waals surface area (Å²) in [6.07, 6.45) is 12.5. The molecule has 1 saturated heterocycles. The van der Waals surface area contributed by atoms with Crippen molar-refractivity contribution >= 4 is 33.3 Å². The lowest BCUT2D eigenvalue weighted by molar-refractivity contribution is -0.136. The highest BCUT2D eigenvalue weighted by atomic mass is 32.1. The van der Waals surface area contributed by atoms with E-state index in [1.54, 1.807) is 11.3 Å². The van der Waals surface area contributed by atoms with E-state index in [0.29, 0.717) is 31.4 Å². The molecule has 10 nitrogen and oxygen atoms in total. The number of aromatic nitrogens is 4. The molecule has 0 spiro atoms. The maximum atomic E-state index is 11.3. The molecule has 0 radical (unpaired) electrons. The summed E-state index contributed by atoms with van der Waals surface area (Å²) < 4.78 is 20.4. The molecule has 3 N–H and O–H groups in total. The summed E-state index contributed by atoms with van der Waals surface area (Å²) in [5.74, 6) is 2.36.